The van der Waals surface area contributed by atoms with Crippen LogP contribution >= 0.6 is 0 Å². The predicted molar refractivity (Wildman–Crippen MR) is 70.7 cm³/mol. The summed E-state index contributed by atoms with van der Waals surface area (Å²) < 4.78 is 1.80. The quantitative estimate of drug-likeness (QED) is 0.872. The van der Waals surface area contributed by atoms with Gasteiger partial charge in [-0.25, -0.2) is 0 Å². The van der Waals surface area contributed by atoms with Crippen LogP contribution in [0.2, 0.25) is 0 Å². The zero-order valence-electron chi connectivity index (χ0n) is 11.0. The second-order valence-corrected chi connectivity index (χ2v) is 4.42. The fourth-order valence-corrected chi connectivity index (χ4v) is 1.95. The molecule has 2 rings (SSSR count). The Morgan fingerprint density at radius 2 is 1.94 bits per heavy atom. The van der Waals surface area contributed by atoms with Gasteiger partial charge in [0.15, 0.2) is 5.82 Å². The first-order chi connectivity index (χ1) is 8.74. The molecule has 0 fully saturated rings. The minimum absolute atomic E-state index is 0.250. The number of nitrogens with zero attached hydrogens (tertiary/aromatic N) is 4. The standard InChI is InChI=1S/C13H19N5/c1-4-14-11(3)10(2)13-15-16-17-18(13)12-8-6-5-7-9-12/h5-11,14H,4H2,1-3H3. The first kappa shape index (κ1) is 12.7. The Labute approximate surface area is 107 Å². The van der Waals surface area contributed by atoms with E-state index in [-0.39, 0.29) is 5.92 Å². The summed E-state index contributed by atoms with van der Waals surface area (Å²) in [4.78, 5) is 0. The van der Waals surface area contributed by atoms with Gasteiger partial charge in [0, 0.05) is 12.0 Å². The second kappa shape index (κ2) is 5.73. The molecule has 1 heterocycles. The Hall–Kier alpha value is -1.75. The Morgan fingerprint density at radius 3 is 2.61 bits per heavy atom. The first-order valence-electron chi connectivity index (χ1n) is 6.31. The number of rotatable bonds is 5. The maximum absolute atomic E-state index is 4.16. The predicted octanol–water partition coefficient (Wildman–Crippen LogP) is 1.76. The Bertz CT molecular complexity index is 479. The molecule has 0 spiro atoms. The average Bonchev–Trinajstić information content (AvgIpc) is 2.88. The van der Waals surface area contributed by atoms with Gasteiger partial charge in [-0.05, 0) is 36.0 Å². The maximum Gasteiger partial charge on any atom is 0.161 e. The fraction of sp³-hybridized carbons (Fsp3) is 0.462. The average molecular weight is 245 g/mol. The molecule has 5 nitrogen and oxygen atoms in total. The van der Waals surface area contributed by atoms with Gasteiger partial charge in [0.05, 0.1) is 5.69 Å². The topological polar surface area (TPSA) is 55.6 Å². The smallest absolute Gasteiger partial charge is 0.161 e. The highest BCUT2D eigenvalue weighted by atomic mass is 15.5. The van der Waals surface area contributed by atoms with Crippen LogP contribution in [-0.4, -0.2) is 32.8 Å². The molecule has 0 aliphatic heterocycles. The summed E-state index contributed by atoms with van der Waals surface area (Å²) in [5.41, 5.74) is 0.994. The van der Waals surface area contributed by atoms with Gasteiger partial charge in [-0.15, -0.1) is 5.10 Å². The van der Waals surface area contributed by atoms with E-state index in [1.165, 1.54) is 0 Å². The number of hydrogen-bond donors (Lipinski definition) is 1. The van der Waals surface area contributed by atoms with E-state index in [4.69, 9.17) is 0 Å². The zero-order chi connectivity index (χ0) is 13.0. The molecular formula is C13H19N5. The molecule has 0 bridgehead atoms. The number of nitrogens with one attached hydrogen (secondary N) is 1. The lowest BCUT2D eigenvalue weighted by molar-refractivity contribution is 0.471. The molecule has 1 aromatic heterocycles. The number of aromatic nitrogens is 4. The maximum atomic E-state index is 4.16. The van der Waals surface area contributed by atoms with Crippen molar-refractivity contribution in [2.45, 2.75) is 32.7 Å². The number of likely N-dealkylation sites (N-methyl/N-ethyl adjacent to an activating group) is 1. The summed E-state index contributed by atoms with van der Waals surface area (Å²) in [5.74, 6) is 1.13. The fourth-order valence-electron chi connectivity index (χ4n) is 1.95. The third-order valence-corrected chi connectivity index (χ3v) is 3.18. The van der Waals surface area contributed by atoms with Crippen molar-refractivity contribution in [1.29, 1.82) is 0 Å². The lowest BCUT2D eigenvalue weighted by atomic mass is 10.0. The van der Waals surface area contributed by atoms with Gasteiger partial charge in [-0.3, -0.25) is 0 Å². The molecule has 0 saturated heterocycles. The van der Waals surface area contributed by atoms with Crippen molar-refractivity contribution in [3.63, 3.8) is 0 Å². The molecule has 0 saturated carbocycles. The summed E-state index contributed by atoms with van der Waals surface area (Å²) in [6, 6.07) is 10.3. The molecule has 2 unspecified atom stereocenters. The van der Waals surface area contributed by atoms with Crippen molar-refractivity contribution < 1.29 is 0 Å². The summed E-state index contributed by atoms with van der Waals surface area (Å²) in [6.45, 7) is 7.33. The SMILES string of the molecule is CCNC(C)C(C)c1nnnn1-c1ccccc1. The number of benzene rings is 1. The van der Waals surface area contributed by atoms with Crippen molar-refractivity contribution in [2.75, 3.05) is 6.54 Å². The summed E-state index contributed by atoms with van der Waals surface area (Å²) in [7, 11) is 0. The van der Waals surface area contributed by atoms with Crippen molar-refractivity contribution in [2.24, 2.45) is 0 Å². The van der Waals surface area contributed by atoms with Gasteiger partial charge < -0.3 is 5.32 Å². The molecule has 18 heavy (non-hydrogen) atoms. The van der Waals surface area contributed by atoms with Crippen LogP contribution in [0.4, 0.5) is 0 Å². The molecule has 0 radical (unpaired) electrons. The van der Waals surface area contributed by atoms with Crippen molar-refractivity contribution in [3.8, 4) is 5.69 Å². The Balaban J connectivity index is 2.28. The summed E-state index contributed by atoms with van der Waals surface area (Å²) >= 11 is 0. The highest BCUT2D eigenvalue weighted by molar-refractivity contribution is 5.31. The molecule has 1 N–H and O–H groups in total. The number of hydrogen-bond acceptors (Lipinski definition) is 4. The van der Waals surface area contributed by atoms with E-state index in [9.17, 15) is 0 Å². The lowest BCUT2D eigenvalue weighted by Crippen LogP contribution is -2.32. The highest BCUT2D eigenvalue weighted by Crippen LogP contribution is 2.18. The van der Waals surface area contributed by atoms with Gasteiger partial charge in [-0.1, -0.05) is 32.0 Å². The molecule has 1 aromatic carbocycles. The molecule has 0 amide bonds. The van der Waals surface area contributed by atoms with E-state index >= 15 is 0 Å². The van der Waals surface area contributed by atoms with E-state index in [2.05, 4.69) is 41.6 Å². The van der Waals surface area contributed by atoms with E-state index < -0.39 is 0 Å². The van der Waals surface area contributed by atoms with Crippen molar-refractivity contribution >= 4 is 0 Å². The zero-order valence-corrected chi connectivity index (χ0v) is 11.0. The van der Waals surface area contributed by atoms with Gasteiger partial charge in [0.1, 0.15) is 0 Å². The van der Waals surface area contributed by atoms with Crippen LogP contribution in [0.5, 0.6) is 0 Å². The molecular weight excluding hydrogens is 226 g/mol. The first-order valence-corrected chi connectivity index (χ1v) is 6.31. The van der Waals surface area contributed by atoms with Gasteiger partial charge in [0.2, 0.25) is 0 Å². The van der Waals surface area contributed by atoms with E-state index in [0.717, 1.165) is 18.1 Å². The van der Waals surface area contributed by atoms with Crippen molar-refractivity contribution in [1.82, 2.24) is 25.5 Å². The highest BCUT2D eigenvalue weighted by Gasteiger charge is 2.20. The van der Waals surface area contributed by atoms with Crippen LogP contribution in [0.1, 0.15) is 32.5 Å². The Kier molecular flexibility index (Phi) is 4.04. The van der Waals surface area contributed by atoms with E-state index in [1.807, 2.05) is 30.3 Å². The van der Waals surface area contributed by atoms with E-state index in [1.54, 1.807) is 4.68 Å². The van der Waals surface area contributed by atoms with Crippen LogP contribution in [-0.2, 0) is 0 Å². The molecule has 2 aromatic rings. The number of tetrazole rings is 1. The van der Waals surface area contributed by atoms with Crippen LogP contribution in [0.25, 0.3) is 5.69 Å². The van der Waals surface area contributed by atoms with Crippen molar-refractivity contribution in [3.05, 3.63) is 36.2 Å². The van der Waals surface area contributed by atoms with Crippen LogP contribution in [0.15, 0.2) is 30.3 Å². The third-order valence-electron chi connectivity index (χ3n) is 3.18. The van der Waals surface area contributed by atoms with Gasteiger partial charge in [0.25, 0.3) is 0 Å². The molecule has 96 valence electrons. The number of para-hydroxylation sites is 1. The van der Waals surface area contributed by atoms with Gasteiger partial charge >= 0.3 is 0 Å². The Morgan fingerprint density at radius 1 is 1.22 bits per heavy atom. The van der Waals surface area contributed by atoms with Crippen LogP contribution < -0.4 is 5.32 Å². The largest absolute Gasteiger partial charge is 0.314 e. The van der Waals surface area contributed by atoms with Crippen LogP contribution in [0, 0.1) is 0 Å². The van der Waals surface area contributed by atoms with Crippen LogP contribution in [0.3, 0.4) is 0 Å². The molecule has 5 heteroatoms. The minimum Gasteiger partial charge on any atom is -0.314 e. The third kappa shape index (κ3) is 2.56. The second-order valence-electron chi connectivity index (χ2n) is 4.42. The molecule has 0 aliphatic carbocycles. The minimum atomic E-state index is 0.250. The van der Waals surface area contributed by atoms with Gasteiger partial charge in [-0.2, -0.15) is 4.68 Å². The molecule has 2 atom stereocenters. The van der Waals surface area contributed by atoms with E-state index in [0.29, 0.717) is 6.04 Å². The monoisotopic (exact) mass is 245 g/mol. The molecule has 0 aliphatic rings. The summed E-state index contributed by atoms with van der Waals surface area (Å²) in [5, 5.41) is 15.4. The normalized spacial score (nSPS) is 14.4. The lowest BCUT2D eigenvalue weighted by Gasteiger charge is -2.19. The summed E-state index contributed by atoms with van der Waals surface area (Å²) in [6.07, 6.45) is 0.